The molecule has 0 aliphatic heterocycles. The first-order chi connectivity index (χ1) is 9.17. The van der Waals surface area contributed by atoms with E-state index in [0.717, 1.165) is 37.7 Å². The summed E-state index contributed by atoms with van der Waals surface area (Å²) in [5.41, 5.74) is 1.22. The van der Waals surface area contributed by atoms with Crippen LogP contribution in [-0.4, -0.2) is 38.3 Å². The molecule has 4 nitrogen and oxygen atoms in total. The van der Waals surface area contributed by atoms with E-state index in [0.29, 0.717) is 6.04 Å². The molecule has 1 aromatic rings. The lowest BCUT2D eigenvalue weighted by Crippen LogP contribution is -2.35. The van der Waals surface area contributed by atoms with E-state index >= 15 is 0 Å². The molecule has 1 atom stereocenters. The van der Waals surface area contributed by atoms with Crippen LogP contribution in [0.15, 0.2) is 0 Å². The van der Waals surface area contributed by atoms with Crippen LogP contribution in [0.2, 0.25) is 0 Å². The molecule has 1 aromatic heterocycles. The molecule has 0 aliphatic carbocycles. The summed E-state index contributed by atoms with van der Waals surface area (Å²) in [5, 5.41) is 4.36. The normalized spacial score (nSPS) is 12.7. The first-order valence-corrected chi connectivity index (χ1v) is 7.88. The third-order valence-electron chi connectivity index (χ3n) is 3.34. The lowest BCUT2D eigenvalue weighted by atomic mass is 10.2. The summed E-state index contributed by atoms with van der Waals surface area (Å²) in [6.45, 7) is 9.18. The van der Waals surface area contributed by atoms with Crippen LogP contribution in [0.3, 0.4) is 0 Å². The van der Waals surface area contributed by atoms with Crippen LogP contribution in [-0.2, 0) is 17.7 Å². The van der Waals surface area contributed by atoms with Gasteiger partial charge in [-0.05, 0) is 26.8 Å². The summed E-state index contributed by atoms with van der Waals surface area (Å²) in [6, 6.07) is 0.494. The number of ether oxygens (including phenoxy) is 1. The zero-order valence-electron chi connectivity index (χ0n) is 12.8. The quantitative estimate of drug-likeness (QED) is 0.757. The Balaban J connectivity index is 2.94. The fraction of sp³-hybridized carbons (Fsp3) is 0.786. The second kappa shape index (κ2) is 8.51. The van der Waals surface area contributed by atoms with E-state index in [9.17, 15) is 0 Å². The van der Waals surface area contributed by atoms with Crippen molar-refractivity contribution in [3.63, 3.8) is 0 Å². The molecule has 1 N–H and O–H groups in total. The fourth-order valence-corrected chi connectivity index (χ4v) is 3.27. The summed E-state index contributed by atoms with van der Waals surface area (Å²) in [5.74, 6) is 0. The predicted molar refractivity (Wildman–Crippen MR) is 83.2 cm³/mol. The predicted octanol–water partition coefficient (Wildman–Crippen LogP) is 2.68. The van der Waals surface area contributed by atoms with Gasteiger partial charge < -0.3 is 15.0 Å². The lowest BCUT2D eigenvalue weighted by Gasteiger charge is -2.27. The summed E-state index contributed by atoms with van der Waals surface area (Å²) in [7, 11) is 3.73. The van der Waals surface area contributed by atoms with Crippen molar-refractivity contribution in [2.75, 3.05) is 32.2 Å². The number of rotatable bonds is 9. The zero-order chi connectivity index (χ0) is 14.3. The van der Waals surface area contributed by atoms with Gasteiger partial charge in [0.05, 0.1) is 12.3 Å². The first-order valence-electron chi connectivity index (χ1n) is 7.06. The van der Waals surface area contributed by atoms with Crippen molar-refractivity contribution < 1.29 is 4.74 Å². The van der Waals surface area contributed by atoms with Crippen molar-refractivity contribution in [3.05, 3.63) is 10.6 Å². The maximum absolute atomic E-state index is 5.22. The van der Waals surface area contributed by atoms with Crippen LogP contribution in [0, 0.1) is 0 Å². The molecule has 0 aliphatic rings. The monoisotopic (exact) mass is 285 g/mol. The molecular formula is C14H27N3OS. The van der Waals surface area contributed by atoms with E-state index < -0.39 is 0 Å². The van der Waals surface area contributed by atoms with Gasteiger partial charge >= 0.3 is 0 Å². The van der Waals surface area contributed by atoms with Crippen LogP contribution in [0.4, 0.5) is 5.13 Å². The highest BCUT2D eigenvalue weighted by Gasteiger charge is 2.18. The second-order valence-electron chi connectivity index (χ2n) is 4.69. The van der Waals surface area contributed by atoms with Gasteiger partial charge in [0.15, 0.2) is 5.13 Å². The Kier molecular flexibility index (Phi) is 7.34. The number of nitrogens with zero attached hydrogens (tertiary/aromatic N) is 2. The van der Waals surface area contributed by atoms with Crippen LogP contribution in [0.5, 0.6) is 0 Å². The average molecular weight is 285 g/mol. The molecule has 5 heteroatoms. The molecular weight excluding hydrogens is 258 g/mol. The Morgan fingerprint density at radius 1 is 1.42 bits per heavy atom. The number of thiazole rings is 1. The number of aromatic nitrogens is 1. The molecule has 0 radical (unpaired) electrons. The highest BCUT2D eigenvalue weighted by molar-refractivity contribution is 7.15. The average Bonchev–Trinajstić information content (AvgIpc) is 2.82. The third-order valence-corrected chi connectivity index (χ3v) is 4.48. The number of methoxy groups -OCH3 is 1. The van der Waals surface area contributed by atoms with Crippen molar-refractivity contribution in [2.45, 2.75) is 46.2 Å². The van der Waals surface area contributed by atoms with E-state index in [1.54, 1.807) is 7.11 Å². The van der Waals surface area contributed by atoms with Crippen molar-refractivity contribution >= 4 is 16.5 Å². The van der Waals surface area contributed by atoms with Crippen LogP contribution >= 0.6 is 11.3 Å². The molecule has 110 valence electrons. The minimum Gasteiger partial charge on any atom is -0.383 e. The van der Waals surface area contributed by atoms with Gasteiger partial charge in [0.2, 0.25) is 0 Å². The number of aryl methyl sites for hydroxylation is 1. The van der Waals surface area contributed by atoms with Crippen LogP contribution < -0.4 is 10.2 Å². The van der Waals surface area contributed by atoms with Crippen molar-refractivity contribution in [2.24, 2.45) is 0 Å². The molecule has 1 heterocycles. The van der Waals surface area contributed by atoms with Gasteiger partial charge in [-0.2, -0.15) is 0 Å². The van der Waals surface area contributed by atoms with E-state index in [1.807, 2.05) is 18.4 Å². The molecule has 0 fully saturated rings. The van der Waals surface area contributed by atoms with Gasteiger partial charge in [0.25, 0.3) is 0 Å². The van der Waals surface area contributed by atoms with Crippen LogP contribution in [0.25, 0.3) is 0 Å². The minimum atomic E-state index is 0.494. The Morgan fingerprint density at radius 3 is 2.68 bits per heavy atom. The van der Waals surface area contributed by atoms with Gasteiger partial charge in [-0.3, -0.25) is 0 Å². The highest BCUT2D eigenvalue weighted by atomic mass is 32.1. The molecule has 19 heavy (non-hydrogen) atoms. The second-order valence-corrected chi connectivity index (χ2v) is 5.76. The number of hydrogen-bond donors (Lipinski definition) is 1. The molecule has 0 spiro atoms. The minimum absolute atomic E-state index is 0.494. The summed E-state index contributed by atoms with van der Waals surface area (Å²) >= 11 is 1.81. The van der Waals surface area contributed by atoms with E-state index in [4.69, 9.17) is 9.72 Å². The van der Waals surface area contributed by atoms with Crippen molar-refractivity contribution in [1.29, 1.82) is 0 Å². The summed E-state index contributed by atoms with van der Waals surface area (Å²) < 4.78 is 5.22. The molecule has 0 amide bonds. The Hall–Kier alpha value is -0.650. The number of anilines is 1. The SMILES string of the molecule is CCc1nc(N(CCOC)C(C)CC)sc1CNC. The Morgan fingerprint density at radius 2 is 2.16 bits per heavy atom. The molecule has 1 unspecified atom stereocenters. The van der Waals surface area contributed by atoms with Gasteiger partial charge in [-0.25, -0.2) is 4.98 Å². The molecule has 0 saturated carbocycles. The smallest absolute Gasteiger partial charge is 0.186 e. The number of nitrogens with one attached hydrogen (secondary N) is 1. The van der Waals surface area contributed by atoms with E-state index in [2.05, 4.69) is 31.0 Å². The van der Waals surface area contributed by atoms with E-state index in [1.165, 1.54) is 10.6 Å². The molecule has 0 aromatic carbocycles. The Bertz CT molecular complexity index is 368. The van der Waals surface area contributed by atoms with Gasteiger partial charge in [0.1, 0.15) is 0 Å². The van der Waals surface area contributed by atoms with E-state index in [-0.39, 0.29) is 0 Å². The molecule has 0 saturated heterocycles. The molecule has 0 bridgehead atoms. The third kappa shape index (κ3) is 4.44. The zero-order valence-corrected chi connectivity index (χ0v) is 13.6. The topological polar surface area (TPSA) is 37.4 Å². The standard InChI is InChI=1S/C14H27N3OS/c1-6-11(3)17(8-9-18-5)14-16-12(7-2)13(19-14)10-15-4/h11,15H,6-10H2,1-5H3. The van der Waals surface area contributed by atoms with Crippen molar-refractivity contribution in [1.82, 2.24) is 10.3 Å². The Labute approximate surface area is 121 Å². The van der Waals surface area contributed by atoms with Gasteiger partial charge in [-0.15, -0.1) is 11.3 Å². The maximum Gasteiger partial charge on any atom is 0.186 e. The van der Waals surface area contributed by atoms with Crippen molar-refractivity contribution in [3.8, 4) is 0 Å². The summed E-state index contributed by atoms with van der Waals surface area (Å²) in [6.07, 6.45) is 2.11. The lowest BCUT2D eigenvalue weighted by molar-refractivity contribution is 0.203. The van der Waals surface area contributed by atoms with Gasteiger partial charge in [0, 0.05) is 31.1 Å². The van der Waals surface area contributed by atoms with Crippen LogP contribution in [0.1, 0.15) is 37.8 Å². The largest absolute Gasteiger partial charge is 0.383 e. The summed E-state index contributed by atoms with van der Waals surface area (Å²) in [4.78, 5) is 8.54. The number of hydrogen-bond acceptors (Lipinski definition) is 5. The molecule has 1 rings (SSSR count). The maximum atomic E-state index is 5.22. The highest BCUT2D eigenvalue weighted by Crippen LogP contribution is 2.28. The first kappa shape index (κ1) is 16.4. The van der Waals surface area contributed by atoms with Gasteiger partial charge in [-0.1, -0.05) is 13.8 Å². The fourth-order valence-electron chi connectivity index (χ4n) is 1.98.